The van der Waals surface area contributed by atoms with Gasteiger partial charge in [-0.2, -0.15) is 10.1 Å². The van der Waals surface area contributed by atoms with Crippen LogP contribution in [0.1, 0.15) is 34.6 Å². The van der Waals surface area contributed by atoms with Crippen molar-refractivity contribution in [1.29, 1.82) is 0 Å². The number of pyridine rings is 1. The van der Waals surface area contributed by atoms with Crippen molar-refractivity contribution in [2.75, 3.05) is 30.5 Å². The molecule has 0 radical (unpaired) electrons. The molecule has 2 aliphatic heterocycles. The van der Waals surface area contributed by atoms with E-state index in [-0.39, 0.29) is 11.9 Å². The smallest absolute Gasteiger partial charge is 0.273 e. The van der Waals surface area contributed by atoms with E-state index in [1.54, 1.807) is 30.3 Å². The topological polar surface area (TPSA) is 112 Å². The Labute approximate surface area is 214 Å². The van der Waals surface area contributed by atoms with Gasteiger partial charge in [0, 0.05) is 37.0 Å². The summed E-state index contributed by atoms with van der Waals surface area (Å²) in [6, 6.07) is 17.6. The van der Waals surface area contributed by atoms with E-state index >= 15 is 0 Å². The van der Waals surface area contributed by atoms with Crippen LogP contribution in [0.4, 0.5) is 17.6 Å². The van der Waals surface area contributed by atoms with Gasteiger partial charge in [0.2, 0.25) is 5.95 Å². The van der Waals surface area contributed by atoms with Gasteiger partial charge in [-0.1, -0.05) is 36.4 Å². The Morgan fingerprint density at radius 3 is 2.81 bits per heavy atom. The third-order valence-electron chi connectivity index (χ3n) is 6.85. The number of benzene rings is 1. The Balaban J connectivity index is 1.29. The fourth-order valence-corrected chi connectivity index (χ4v) is 5.01. The number of nitrogens with zero attached hydrogens (tertiary/aromatic N) is 6. The molecule has 0 bridgehead atoms. The number of ether oxygens (including phenoxy) is 1. The first-order valence-electron chi connectivity index (χ1n) is 12.4. The molecule has 1 saturated heterocycles. The molecule has 0 saturated carbocycles. The van der Waals surface area contributed by atoms with Gasteiger partial charge in [0.05, 0.1) is 37.1 Å². The summed E-state index contributed by atoms with van der Waals surface area (Å²) < 4.78 is 5.46. The average Bonchev–Trinajstić information content (AvgIpc) is 3.67. The lowest BCUT2D eigenvalue weighted by Crippen LogP contribution is -2.34. The molecule has 10 heteroatoms. The van der Waals surface area contributed by atoms with Gasteiger partial charge in [-0.05, 0) is 25.0 Å². The highest BCUT2D eigenvalue weighted by Crippen LogP contribution is 2.32. The van der Waals surface area contributed by atoms with E-state index in [9.17, 15) is 4.79 Å². The van der Waals surface area contributed by atoms with Crippen molar-refractivity contribution in [2.45, 2.75) is 32.0 Å². The number of hydrogen-bond donors (Lipinski definition) is 2. The average molecular weight is 497 g/mol. The van der Waals surface area contributed by atoms with E-state index in [2.05, 4.69) is 25.4 Å². The third-order valence-corrected chi connectivity index (χ3v) is 6.85. The van der Waals surface area contributed by atoms with Crippen LogP contribution >= 0.6 is 0 Å². The molecule has 0 unspecified atom stereocenters. The maximum Gasteiger partial charge on any atom is 0.273 e. The highest BCUT2D eigenvalue weighted by molar-refractivity contribution is 5.92. The van der Waals surface area contributed by atoms with Crippen LogP contribution in [0.25, 0.3) is 11.3 Å². The van der Waals surface area contributed by atoms with E-state index in [1.807, 2.05) is 42.5 Å². The maximum absolute atomic E-state index is 12.9. The van der Waals surface area contributed by atoms with Crippen LogP contribution in [0.2, 0.25) is 0 Å². The number of nitrogens with one attached hydrogen (secondary N) is 2. The van der Waals surface area contributed by atoms with Gasteiger partial charge in [-0.3, -0.25) is 14.9 Å². The normalized spacial score (nSPS) is 16.7. The molecular weight excluding hydrogens is 468 g/mol. The van der Waals surface area contributed by atoms with Crippen LogP contribution in [-0.4, -0.2) is 62.3 Å². The zero-order valence-electron chi connectivity index (χ0n) is 20.6. The minimum atomic E-state index is -0.106. The fraction of sp³-hybridized carbons (Fsp3) is 0.296. The van der Waals surface area contributed by atoms with Gasteiger partial charge in [-0.15, -0.1) is 0 Å². The lowest BCUT2D eigenvalue weighted by molar-refractivity contribution is 0.0744. The number of methoxy groups -OCH3 is 1. The number of fused-ring (bicyclic) bond motifs is 1. The molecule has 188 valence electrons. The molecule has 37 heavy (non-hydrogen) atoms. The summed E-state index contributed by atoms with van der Waals surface area (Å²) in [5.74, 6) is 1.87. The molecule has 1 amide bonds. The molecule has 0 spiro atoms. The van der Waals surface area contributed by atoms with Crippen molar-refractivity contribution in [3.05, 3.63) is 77.7 Å². The molecule has 3 aromatic heterocycles. The van der Waals surface area contributed by atoms with E-state index in [0.717, 1.165) is 41.9 Å². The first-order chi connectivity index (χ1) is 18.2. The van der Waals surface area contributed by atoms with E-state index in [1.165, 1.54) is 0 Å². The van der Waals surface area contributed by atoms with Crippen molar-refractivity contribution in [3.63, 3.8) is 0 Å². The molecule has 2 N–H and O–H groups in total. The Kier molecular flexibility index (Phi) is 6.23. The minimum Gasteiger partial charge on any atom is -0.383 e. The summed E-state index contributed by atoms with van der Waals surface area (Å²) in [7, 11) is 1.73. The fourth-order valence-electron chi connectivity index (χ4n) is 5.01. The van der Waals surface area contributed by atoms with Crippen LogP contribution in [0, 0.1) is 0 Å². The van der Waals surface area contributed by atoms with Crippen molar-refractivity contribution in [1.82, 2.24) is 30.0 Å². The molecular formula is C27H28N8O2. The number of aromatic nitrogens is 5. The lowest BCUT2D eigenvalue weighted by Gasteiger charge is -2.25. The van der Waals surface area contributed by atoms with Crippen LogP contribution in [0.3, 0.4) is 0 Å². The monoisotopic (exact) mass is 496 g/mol. The van der Waals surface area contributed by atoms with E-state index in [0.29, 0.717) is 43.0 Å². The number of rotatable bonds is 7. The van der Waals surface area contributed by atoms with Gasteiger partial charge in [-0.25, -0.2) is 4.98 Å². The van der Waals surface area contributed by atoms with Crippen LogP contribution < -0.4 is 10.2 Å². The number of H-pyrrole nitrogens is 1. The Morgan fingerprint density at radius 2 is 2.00 bits per heavy atom. The number of hydrogen-bond acceptors (Lipinski definition) is 8. The number of carbonyl (C=O) groups excluding carboxylic acids is 1. The third kappa shape index (κ3) is 4.63. The van der Waals surface area contributed by atoms with Crippen molar-refractivity contribution in [3.8, 4) is 11.3 Å². The largest absolute Gasteiger partial charge is 0.383 e. The summed E-state index contributed by atoms with van der Waals surface area (Å²) >= 11 is 0. The molecule has 5 heterocycles. The first kappa shape index (κ1) is 23.1. The SMILES string of the molecule is COC[C@@H]1CCCN1c1nc(Nc2n[nH]c3c2CN(C(=O)c2ccccn2)C3)cc(-c2ccccc2)n1. The first-order valence-corrected chi connectivity index (χ1v) is 12.4. The second-order valence-corrected chi connectivity index (χ2v) is 9.28. The second-order valence-electron chi connectivity index (χ2n) is 9.28. The summed E-state index contributed by atoms with van der Waals surface area (Å²) in [5, 5.41) is 11.0. The predicted molar refractivity (Wildman–Crippen MR) is 139 cm³/mol. The van der Waals surface area contributed by atoms with E-state index in [4.69, 9.17) is 14.7 Å². The molecule has 4 aromatic rings. The van der Waals surface area contributed by atoms with E-state index < -0.39 is 0 Å². The quantitative estimate of drug-likeness (QED) is 0.398. The minimum absolute atomic E-state index is 0.106. The Bertz CT molecular complexity index is 1390. The van der Waals surface area contributed by atoms with Gasteiger partial charge >= 0.3 is 0 Å². The highest BCUT2D eigenvalue weighted by atomic mass is 16.5. The highest BCUT2D eigenvalue weighted by Gasteiger charge is 2.30. The molecule has 6 rings (SSSR count). The maximum atomic E-state index is 12.9. The summed E-state index contributed by atoms with van der Waals surface area (Å²) in [5.41, 5.74) is 4.12. The number of amides is 1. The Hall–Kier alpha value is -4.31. The van der Waals surface area contributed by atoms with Crippen LogP contribution in [-0.2, 0) is 17.8 Å². The zero-order valence-corrected chi connectivity index (χ0v) is 20.6. The molecule has 1 aromatic carbocycles. The summed E-state index contributed by atoms with van der Waals surface area (Å²) in [6.45, 7) is 2.41. The van der Waals surface area contributed by atoms with Crippen LogP contribution in [0.15, 0.2) is 60.8 Å². The number of anilines is 3. The van der Waals surface area contributed by atoms with Gasteiger partial charge in [0.25, 0.3) is 5.91 Å². The molecule has 1 fully saturated rings. The summed E-state index contributed by atoms with van der Waals surface area (Å²) in [6.07, 6.45) is 3.75. The standard InChI is InChI=1S/C27H28N8O2/c1-37-17-19-10-7-13-35(19)27-29-22(18-8-3-2-4-9-18)14-24(31-27)30-25-20-15-34(16-23(20)32-33-25)26(36)21-11-5-6-12-28-21/h2-6,8-9,11-12,14,19H,7,10,13,15-17H2,1H3,(H2,29,30,31,32,33)/t19-/m0/s1. The lowest BCUT2D eigenvalue weighted by atomic mass is 10.1. The summed E-state index contributed by atoms with van der Waals surface area (Å²) in [4.78, 5) is 30.9. The Morgan fingerprint density at radius 1 is 1.14 bits per heavy atom. The number of aromatic amines is 1. The van der Waals surface area contributed by atoms with Crippen molar-refractivity contribution in [2.24, 2.45) is 0 Å². The van der Waals surface area contributed by atoms with Gasteiger partial charge in [0.1, 0.15) is 11.5 Å². The molecule has 10 nitrogen and oxygen atoms in total. The second kappa shape index (κ2) is 9.98. The molecule has 1 atom stereocenters. The van der Waals surface area contributed by atoms with Gasteiger partial charge in [0.15, 0.2) is 5.82 Å². The van der Waals surface area contributed by atoms with Crippen molar-refractivity contribution >= 4 is 23.5 Å². The van der Waals surface area contributed by atoms with Crippen LogP contribution in [0.5, 0.6) is 0 Å². The van der Waals surface area contributed by atoms with Crippen molar-refractivity contribution < 1.29 is 9.53 Å². The molecule has 2 aliphatic rings. The molecule has 0 aliphatic carbocycles. The number of carbonyl (C=O) groups is 1. The predicted octanol–water partition coefficient (Wildman–Crippen LogP) is 3.78. The van der Waals surface area contributed by atoms with Gasteiger partial charge < -0.3 is 19.9 Å². The zero-order chi connectivity index (χ0) is 25.2.